The molecule has 0 atom stereocenters. The van der Waals surface area contributed by atoms with Crippen molar-refractivity contribution >= 4 is 23.2 Å². The van der Waals surface area contributed by atoms with E-state index in [1.807, 2.05) is 37.4 Å². The molecule has 0 bridgehead atoms. The fraction of sp³-hybridized carbons (Fsp3) is 0.333. The molecule has 1 aromatic heterocycles. The highest BCUT2D eigenvalue weighted by Gasteiger charge is 2.27. The fourth-order valence-electron chi connectivity index (χ4n) is 2.14. The molecule has 3 rings (SSSR count). The second-order valence-electron chi connectivity index (χ2n) is 5.27. The molecule has 1 fully saturated rings. The lowest BCUT2D eigenvalue weighted by Crippen LogP contribution is -2.19. The molecule has 2 aromatic rings. The van der Waals surface area contributed by atoms with E-state index in [4.69, 9.17) is 17.3 Å². The van der Waals surface area contributed by atoms with Crippen LogP contribution in [-0.4, -0.2) is 17.0 Å². The molecule has 4 nitrogen and oxygen atoms in total. The van der Waals surface area contributed by atoms with Crippen molar-refractivity contribution in [2.75, 3.05) is 17.7 Å². The van der Waals surface area contributed by atoms with Crippen molar-refractivity contribution in [3.63, 3.8) is 0 Å². The van der Waals surface area contributed by atoms with Crippen LogP contribution in [0.1, 0.15) is 30.1 Å². The third-order valence-electron chi connectivity index (χ3n) is 3.42. The van der Waals surface area contributed by atoms with Gasteiger partial charge in [0.1, 0.15) is 17.5 Å². The summed E-state index contributed by atoms with van der Waals surface area (Å²) in [5, 5.41) is 0.749. The summed E-state index contributed by atoms with van der Waals surface area (Å²) in [6.45, 7) is 0.762. The molecule has 1 heterocycles. The monoisotopic (exact) mass is 288 g/mol. The summed E-state index contributed by atoms with van der Waals surface area (Å²) in [6.07, 6.45) is 2.34. The SMILES string of the molecule is CN(Cc1ccc(Cl)cc1)c1cc(N)nc(C2CC2)n1. The normalized spacial score (nSPS) is 14.3. The van der Waals surface area contributed by atoms with Crippen LogP contribution in [0.15, 0.2) is 30.3 Å². The fourth-order valence-corrected chi connectivity index (χ4v) is 2.26. The standard InChI is InChI=1S/C15H17ClN4/c1-20(9-10-2-6-12(16)7-3-10)14-8-13(17)18-15(19-14)11-4-5-11/h2-3,6-8,11H,4-5,9H2,1H3,(H2,17,18,19). The first kappa shape index (κ1) is 13.2. The highest BCUT2D eigenvalue weighted by Crippen LogP contribution is 2.38. The van der Waals surface area contributed by atoms with Crippen molar-refractivity contribution in [3.8, 4) is 0 Å². The van der Waals surface area contributed by atoms with Crippen LogP contribution in [0.2, 0.25) is 5.02 Å². The third kappa shape index (κ3) is 3.02. The molecule has 1 aliphatic carbocycles. The summed E-state index contributed by atoms with van der Waals surface area (Å²) < 4.78 is 0. The largest absolute Gasteiger partial charge is 0.384 e. The van der Waals surface area contributed by atoms with Crippen LogP contribution in [-0.2, 0) is 6.54 Å². The molecule has 1 saturated carbocycles. The van der Waals surface area contributed by atoms with Gasteiger partial charge in [-0.25, -0.2) is 9.97 Å². The van der Waals surface area contributed by atoms with Gasteiger partial charge in [-0.3, -0.25) is 0 Å². The highest BCUT2D eigenvalue weighted by atomic mass is 35.5. The van der Waals surface area contributed by atoms with Gasteiger partial charge in [0.2, 0.25) is 0 Å². The Morgan fingerprint density at radius 1 is 1.25 bits per heavy atom. The molecule has 0 aliphatic heterocycles. The van der Waals surface area contributed by atoms with Gasteiger partial charge in [-0.1, -0.05) is 23.7 Å². The predicted octanol–water partition coefficient (Wildman–Crippen LogP) is 3.23. The van der Waals surface area contributed by atoms with Gasteiger partial charge in [0.25, 0.3) is 0 Å². The minimum Gasteiger partial charge on any atom is -0.384 e. The summed E-state index contributed by atoms with van der Waals surface area (Å²) in [4.78, 5) is 11.0. The Morgan fingerprint density at radius 2 is 1.95 bits per heavy atom. The quantitative estimate of drug-likeness (QED) is 0.938. The zero-order chi connectivity index (χ0) is 14.1. The smallest absolute Gasteiger partial charge is 0.136 e. The van der Waals surface area contributed by atoms with Gasteiger partial charge in [0.05, 0.1) is 0 Å². The van der Waals surface area contributed by atoms with Crippen LogP contribution < -0.4 is 10.6 Å². The number of benzene rings is 1. The Hall–Kier alpha value is -1.81. The van der Waals surface area contributed by atoms with Gasteiger partial charge in [-0.2, -0.15) is 0 Å². The van der Waals surface area contributed by atoms with E-state index in [9.17, 15) is 0 Å². The minimum atomic E-state index is 0.501. The second-order valence-corrected chi connectivity index (χ2v) is 5.70. The molecular weight excluding hydrogens is 272 g/mol. The summed E-state index contributed by atoms with van der Waals surface area (Å²) in [5.74, 6) is 2.79. The molecule has 0 unspecified atom stereocenters. The van der Waals surface area contributed by atoms with Crippen molar-refractivity contribution in [3.05, 3.63) is 46.7 Å². The lowest BCUT2D eigenvalue weighted by molar-refractivity contribution is 0.857. The molecule has 20 heavy (non-hydrogen) atoms. The zero-order valence-electron chi connectivity index (χ0n) is 11.4. The summed E-state index contributed by atoms with van der Waals surface area (Å²) in [7, 11) is 2.01. The van der Waals surface area contributed by atoms with Crippen molar-refractivity contribution < 1.29 is 0 Å². The second kappa shape index (κ2) is 5.29. The van der Waals surface area contributed by atoms with E-state index >= 15 is 0 Å². The van der Waals surface area contributed by atoms with Crippen LogP contribution in [0.4, 0.5) is 11.6 Å². The first-order valence-electron chi connectivity index (χ1n) is 6.72. The number of hydrogen-bond donors (Lipinski definition) is 1. The topological polar surface area (TPSA) is 55.0 Å². The Balaban J connectivity index is 1.79. The van der Waals surface area contributed by atoms with Crippen LogP contribution in [0.3, 0.4) is 0 Å². The number of nitrogens with zero attached hydrogens (tertiary/aromatic N) is 3. The van der Waals surface area contributed by atoms with E-state index in [-0.39, 0.29) is 0 Å². The number of nitrogens with two attached hydrogens (primary N) is 1. The van der Waals surface area contributed by atoms with Crippen LogP contribution in [0.25, 0.3) is 0 Å². The molecule has 2 N–H and O–H groups in total. The number of anilines is 2. The maximum absolute atomic E-state index is 5.90. The third-order valence-corrected chi connectivity index (χ3v) is 3.67. The Bertz CT molecular complexity index is 608. The van der Waals surface area contributed by atoms with E-state index in [0.717, 1.165) is 23.2 Å². The van der Waals surface area contributed by atoms with Gasteiger partial charge >= 0.3 is 0 Å². The lowest BCUT2D eigenvalue weighted by Gasteiger charge is -2.19. The molecule has 5 heteroatoms. The maximum Gasteiger partial charge on any atom is 0.136 e. The zero-order valence-corrected chi connectivity index (χ0v) is 12.1. The van der Waals surface area contributed by atoms with E-state index < -0.39 is 0 Å². The van der Waals surface area contributed by atoms with Crippen molar-refractivity contribution in [1.82, 2.24) is 9.97 Å². The number of nitrogen functional groups attached to an aromatic ring is 1. The molecule has 1 aliphatic rings. The summed E-state index contributed by atoms with van der Waals surface area (Å²) >= 11 is 5.90. The molecular formula is C15H17ClN4. The molecule has 0 spiro atoms. The van der Waals surface area contributed by atoms with Crippen molar-refractivity contribution in [2.24, 2.45) is 0 Å². The molecule has 0 radical (unpaired) electrons. The average Bonchev–Trinajstić information content (AvgIpc) is 3.25. The first-order valence-corrected chi connectivity index (χ1v) is 7.09. The van der Waals surface area contributed by atoms with Crippen molar-refractivity contribution in [2.45, 2.75) is 25.3 Å². The van der Waals surface area contributed by atoms with E-state index in [2.05, 4.69) is 14.9 Å². The average molecular weight is 289 g/mol. The van der Waals surface area contributed by atoms with E-state index in [1.54, 1.807) is 0 Å². The Kier molecular flexibility index (Phi) is 3.49. The molecule has 0 saturated heterocycles. The number of aromatic nitrogens is 2. The van der Waals surface area contributed by atoms with Crippen LogP contribution >= 0.6 is 11.6 Å². The molecule has 0 amide bonds. The number of rotatable bonds is 4. The van der Waals surface area contributed by atoms with E-state index in [1.165, 1.54) is 18.4 Å². The van der Waals surface area contributed by atoms with Gasteiger partial charge in [-0.05, 0) is 30.5 Å². The van der Waals surface area contributed by atoms with Crippen LogP contribution in [0.5, 0.6) is 0 Å². The minimum absolute atomic E-state index is 0.501. The predicted molar refractivity (Wildman–Crippen MR) is 82.0 cm³/mol. The van der Waals surface area contributed by atoms with Gasteiger partial charge in [-0.15, -0.1) is 0 Å². The van der Waals surface area contributed by atoms with Crippen LogP contribution in [0, 0.1) is 0 Å². The summed E-state index contributed by atoms with van der Waals surface area (Å²) in [6, 6.07) is 9.65. The number of hydrogen-bond acceptors (Lipinski definition) is 4. The van der Waals surface area contributed by atoms with Crippen molar-refractivity contribution in [1.29, 1.82) is 0 Å². The molecule has 1 aromatic carbocycles. The lowest BCUT2D eigenvalue weighted by atomic mass is 10.2. The van der Waals surface area contributed by atoms with E-state index in [0.29, 0.717) is 11.7 Å². The maximum atomic E-state index is 5.90. The highest BCUT2D eigenvalue weighted by molar-refractivity contribution is 6.30. The van der Waals surface area contributed by atoms with Gasteiger partial charge in [0, 0.05) is 30.6 Å². The first-order chi connectivity index (χ1) is 9.61. The Morgan fingerprint density at radius 3 is 2.60 bits per heavy atom. The number of halogens is 1. The van der Waals surface area contributed by atoms with Gasteiger partial charge < -0.3 is 10.6 Å². The molecule has 104 valence electrons. The van der Waals surface area contributed by atoms with Gasteiger partial charge in [0.15, 0.2) is 0 Å². The summed E-state index contributed by atoms with van der Waals surface area (Å²) in [5.41, 5.74) is 7.06. The Labute approximate surface area is 123 Å².